The summed E-state index contributed by atoms with van der Waals surface area (Å²) in [5.41, 5.74) is 1.00. The van der Waals surface area contributed by atoms with Crippen molar-refractivity contribution in [3.63, 3.8) is 0 Å². The molecule has 0 aliphatic rings. The van der Waals surface area contributed by atoms with Crippen molar-refractivity contribution in [1.29, 1.82) is 0 Å². The van der Waals surface area contributed by atoms with Crippen LogP contribution in [-0.2, 0) is 5.75 Å². The molecular formula is C13H12F2N2S. The molecule has 1 aromatic heterocycles. The van der Waals surface area contributed by atoms with Crippen molar-refractivity contribution in [2.24, 2.45) is 0 Å². The monoisotopic (exact) mass is 266 g/mol. The molecule has 1 aromatic carbocycles. The number of aromatic nitrogens is 1. The van der Waals surface area contributed by atoms with Crippen molar-refractivity contribution in [2.75, 3.05) is 12.4 Å². The van der Waals surface area contributed by atoms with Crippen LogP contribution in [-0.4, -0.2) is 12.0 Å². The molecule has 0 radical (unpaired) electrons. The van der Waals surface area contributed by atoms with E-state index < -0.39 is 11.6 Å². The van der Waals surface area contributed by atoms with Crippen molar-refractivity contribution >= 4 is 17.6 Å². The topological polar surface area (TPSA) is 24.9 Å². The van der Waals surface area contributed by atoms with Gasteiger partial charge in [0.25, 0.3) is 0 Å². The molecule has 0 saturated carbocycles. The number of thioether (sulfide) groups is 1. The van der Waals surface area contributed by atoms with Gasteiger partial charge in [-0.25, -0.2) is 13.8 Å². The van der Waals surface area contributed by atoms with Gasteiger partial charge in [-0.05, 0) is 35.9 Å². The van der Waals surface area contributed by atoms with Crippen LogP contribution in [0.2, 0.25) is 0 Å². The summed E-state index contributed by atoms with van der Waals surface area (Å²) in [6.45, 7) is 0. The summed E-state index contributed by atoms with van der Waals surface area (Å²) in [7, 11) is 1.78. The Kier molecular flexibility index (Phi) is 4.15. The summed E-state index contributed by atoms with van der Waals surface area (Å²) in [6, 6.07) is 7.20. The Labute approximate surface area is 108 Å². The Balaban J connectivity index is 2.08. The lowest BCUT2D eigenvalue weighted by atomic mass is 10.3. The van der Waals surface area contributed by atoms with Crippen molar-refractivity contribution in [3.8, 4) is 0 Å². The van der Waals surface area contributed by atoms with Gasteiger partial charge >= 0.3 is 0 Å². The molecule has 18 heavy (non-hydrogen) atoms. The molecule has 94 valence electrons. The second-order valence-corrected chi connectivity index (χ2v) is 4.68. The zero-order valence-corrected chi connectivity index (χ0v) is 10.6. The molecule has 0 aliphatic carbocycles. The largest absolute Gasteiger partial charge is 0.373 e. The van der Waals surface area contributed by atoms with Crippen LogP contribution in [0.1, 0.15) is 5.56 Å². The SMILES string of the molecule is CNc1cc(CSc2cc(F)ccc2F)ccn1. The highest BCUT2D eigenvalue weighted by atomic mass is 32.2. The molecule has 0 atom stereocenters. The fourth-order valence-electron chi connectivity index (χ4n) is 1.45. The number of hydrogen-bond acceptors (Lipinski definition) is 3. The van der Waals surface area contributed by atoms with Gasteiger partial charge in [-0.2, -0.15) is 0 Å². The lowest BCUT2D eigenvalue weighted by Crippen LogP contribution is -1.93. The van der Waals surface area contributed by atoms with E-state index in [2.05, 4.69) is 10.3 Å². The van der Waals surface area contributed by atoms with E-state index in [0.29, 0.717) is 10.6 Å². The lowest BCUT2D eigenvalue weighted by Gasteiger charge is -2.05. The third-order valence-corrected chi connectivity index (χ3v) is 3.47. The average Bonchev–Trinajstić information content (AvgIpc) is 2.40. The molecule has 2 nitrogen and oxygen atoms in total. The van der Waals surface area contributed by atoms with E-state index in [1.54, 1.807) is 13.2 Å². The Morgan fingerprint density at radius 3 is 2.83 bits per heavy atom. The second-order valence-electron chi connectivity index (χ2n) is 3.66. The summed E-state index contributed by atoms with van der Waals surface area (Å²) in [5, 5.41) is 2.93. The fraction of sp³-hybridized carbons (Fsp3) is 0.154. The third kappa shape index (κ3) is 3.20. The molecule has 0 saturated heterocycles. The molecule has 0 bridgehead atoms. The number of nitrogens with one attached hydrogen (secondary N) is 1. The van der Waals surface area contributed by atoms with Crippen LogP contribution >= 0.6 is 11.8 Å². The Morgan fingerprint density at radius 1 is 1.22 bits per heavy atom. The third-order valence-electron chi connectivity index (χ3n) is 2.37. The Morgan fingerprint density at radius 2 is 2.06 bits per heavy atom. The number of hydrogen-bond donors (Lipinski definition) is 1. The maximum absolute atomic E-state index is 13.4. The van der Waals surface area contributed by atoms with E-state index in [-0.39, 0.29) is 0 Å². The fourth-order valence-corrected chi connectivity index (χ4v) is 2.35. The number of rotatable bonds is 4. The van der Waals surface area contributed by atoms with E-state index in [1.165, 1.54) is 17.8 Å². The second kappa shape index (κ2) is 5.82. The van der Waals surface area contributed by atoms with E-state index in [9.17, 15) is 8.78 Å². The quantitative estimate of drug-likeness (QED) is 0.854. The first-order chi connectivity index (χ1) is 8.69. The van der Waals surface area contributed by atoms with Crippen LogP contribution in [0.4, 0.5) is 14.6 Å². The van der Waals surface area contributed by atoms with Gasteiger partial charge in [-0.1, -0.05) is 0 Å². The van der Waals surface area contributed by atoms with Crippen LogP contribution < -0.4 is 5.32 Å². The number of nitrogens with zero attached hydrogens (tertiary/aromatic N) is 1. The number of benzene rings is 1. The first kappa shape index (κ1) is 12.8. The maximum Gasteiger partial charge on any atom is 0.136 e. The zero-order valence-electron chi connectivity index (χ0n) is 9.78. The molecule has 2 aromatic rings. The van der Waals surface area contributed by atoms with Gasteiger partial charge < -0.3 is 5.32 Å². The molecule has 0 amide bonds. The molecule has 2 rings (SSSR count). The van der Waals surface area contributed by atoms with Crippen LogP contribution in [0.15, 0.2) is 41.4 Å². The Hall–Kier alpha value is -1.62. The van der Waals surface area contributed by atoms with Crippen LogP contribution in [0.25, 0.3) is 0 Å². The van der Waals surface area contributed by atoms with E-state index in [4.69, 9.17) is 0 Å². The molecular weight excluding hydrogens is 254 g/mol. The minimum absolute atomic E-state index is 0.317. The normalized spacial score (nSPS) is 10.4. The van der Waals surface area contributed by atoms with Crippen molar-refractivity contribution in [1.82, 2.24) is 4.98 Å². The molecule has 0 spiro atoms. The highest BCUT2D eigenvalue weighted by Gasteiger charge is 2.05. The Bertz CT molecular complexity index is 546. The summed E-state index contributed by atoms with van der Waals surface area (Å²) in [4.78, 5) is 4.41. The van der Waals surface area contributed by atoms with Crippen LogP contribution in [0, 0.1) is 11.6 Å². The molecule has 1 heterocycles. The summed E-state index contributed by atoms with van der Waals surface area (Å²) in [6.07, 6.45) is 1.68. The average molecular weight is 266 g/mol. The summed E-state index contributed by atoms with van der Waals surface area (Å²) in [5.74, 6) is 0.499. The predicted octanol–water partition coefficient (Wildman–Crippen LogP) is 3.69. The van der Waals surface area contributed by atoms with Crippen molar-refractivity contribution in [2.45, 2.75) is 10.6 Å². The maximum atomic E-state index is 13.4. The first-order valence-corrected chi connectivity index (χ1v) is 6.38. The summed E-state index contributed by atoms with van der Waals surface area (Å²) >= 11 is 1.26. The molecule has 0 fully saturated rings. The number of halogens is 2. The predicted molar refractivity (Wildman–Crippen MR) is 69.7 cm³/mol. The number of pyridine rings is 1. The molecule has 0 aliphatic heterocycles. The minimum Gasteiger partial charge on any atom is -0.373 e. The first-order valence-electron chi connectivity index (χ1n) is 5.39. The van der Waals surface area contributed by atoms with Crippen molar-refractivity contribution < 1.29 is 8.78 Å². The van der Waals surface area contributed by atoms with E-state index in [1.807, 2.05) is 12.1 Å². The van der Waals surface area contributed by atoms with Crippen LogP contribution in [0.5, 0.6) is 0 Å². The minimum atomic E-state index is -0.426. The lowest BCUT2D eigenvalue weighted by molar-refractivity contribution is 0.577. The zero-order chi connectivity index (χ0) is 13.0. The highest BCUT2D eigenvalue weighted by molar-refractivity contribution is 7.98. The van der Waals surface area contributed by atoms with Crippen molar-refractivity contribution in [3.05, 3.63) is 53.7 Å². The van der Waals surface area contributed by atoms with E-state index in [0.717, 1.165) is 23.5 Å². The smallest absolute Gasteiger partial charge is 0.136 e. The van der Waals surface area contributed by atoms with Gasteiger partial charge in [-0.3, -0.25) is 0 Å². The van der Waals surface area contributed by atoms with Gasteiger partial charge in [-0.15, -0.1) is 11.8 Å². The highest BCUT2D eigenvalue weighted by Crippen LogP contribution is 2.26. The molecule has 5 heteroatoms. The number of anilines is 1. The molecule has 1 N–H and O–H groups in total. The van der Waals surface area contributed by atoms with Gasteiger partial charge in [0.2, 0.25) is 0 Å². The summed E-state index contributed by atoms with van der Waals surface area (Å²) < 4.78 is 26.4. The van der Waals surface area contributed by atoms with Gasteiger partial charge in [0.05, 0.1) is 0 Å². The van der Waals surface area contributed by atoms with Crippen LogP contribution in [0.3, 0.4) is 0 Å². The van der Waals surface area contributed by atoms with E-state index >= 15 is 0 Å². The van der Waals surface area contributed by atoms with Gasteiger partial charge in [0.15, 0.2) is 0 Å². The van der Waals surface area contributed by atoms with Gasteiger partial charge in [0.1, 0.15) is 17.5 Å². The van der Waals surface area contributed by atoms with Gasteiger partial charge in [0, 0.05) is 23.9 Å². The standard InChI is InChI=1S/C13H12F2N2S/c1-16-13-6-9(4-5-17-13)8-18-12-7-10(14)2-3-11(12)15/h2-7H,8H2,1H3,(H,16,17). The molecule has 0 unspecified atom stereocenters.